The van der Waals surface area contributed by atoms with Gasteiger partial charge in [-0.1, -0.05) is 6.07 Å². The summed E-state index contributed by atoms with van der Waals surface area (Å²) in [6, 6.07) is 5.08. The Morgan fingerprint density at radius 1 is 1.33 bits per heavy atom. The lowest BCUT2D eigenvalue weighted by atomic mass is 10.2. The van der Waals surface area contributed by atoms with E-state index in [2.05, 4.69) is 5.32 Å². The minimum absolute atomic E-state index is 0.387. The summed E-state index contributed by atoms with van der Waals surface area (Å²) in [6.45, 7) is 1.86. The van der Waals surface area contributed by atoms with Gasteiger partial charge in [0.15, 0.2) is 0 Å². The van der Waals surface area contributed by atoms with Crippen molar-refractivity contribution in [2.75, 3.05) is 12.4 Å². The van der Waals surface area contributed by atoms with Crippen molar-refractivity contribution < 1.29 is 24.5 Å². The van der Waals surface area contributed by atoms with Gasteiger partial charge in [-0.15, -0.1) is 0 Å². The van der Waals surface area contributed by atoms with Gasteiger partial charge in [0.05, 0.1) is 18.9 Å². The molecule has 0 atom stereocenters. The Hall–Kier alpha value is -2.50. The molecule has 0 radical (unpaired) electrons. The highest BCUT2D eigenvalue weighted by Crippen LogP contribution is 2.26. The molecule has 0 unspecified atom stereocenters. The predicted octanol–water partition coefficient (Wildman–Crippen LogP) is 1.47. The van der Waals surface area contributed by atoms with E-state index in [1.165, 1.54) is 7.11 Å². The van der Waals surface area contributed by atoms with Crippen LogP contribution in [-0.4, -0.2) is 29.3 Å². The second kappa shape index (κ2) is 5.72. The quantitative estimate of drug-likeness (QED) is 0.686. The standard InChI is InChI=1S/C12H13NO5/c1-7-3-4-8(10(5-7)18-2)13-9(12(16)17)6-11(14)15/h3-6,13H,1-2H3,(H,14,15)(H,16,17)/b9-6-. The molecule has 0 heterocycles. The highest BCUT2D eigenvalue weighted by molar-refractivity contribution is 5.97. The lowest BCUT2D eigenvalue weighted by molar-refractivity contribution is -0.134. The third-order valence-electron chi connectivity index (χ3n) is 2.12. The number of aliphatic carboxylic acids is 2. The van der Waals surface area contributed by atoms with Crippen molar-refractivity contribution in [3.8, 4) is 5.75 Å². The highest BCUT2D eigenvalue weighted by Gasteiger charge is 2.12. The zero-order chi connectivity index (χ0) is 13.7. The van der Waals surface area contributed by atoms with E-state index in [0.717, 1.165) is 5.56 Å². The first-order valence-corrected chi connectivity index (χ1v) is 5.03. The number of hydrogen-bond acceptors (Lipinski definition) is 4. The maximum absolute atomic E-state index is 10.9. The molecule has 0 aliphatic carbocycles. The number of nitrogens with one attached hydrogen (secondary N) is 1. The largest absolute Gasteiger partial charge is 0.495 e. The Balaban J connectivity index is 3.08. The van der Waals surface area contributed by atoms with Crippen LogP contribution in [0.15, 0.2) is 30.0 Å². The van der Waals surface area contributed by atoms with Gasteiger partial charge in [0, 0.05) is 0 Å². The van der Waals surface area contributed by atoms with E-state index in [9.17, 15) is 9.59 Å². The number of methoxy groups -OCH3 is 1. The van der Waals surface area contributed by atoms with Crippen molar-refractivity contribution in [1.29, 1.82) is 0 Å². The number of ether oxygens (including phenoxy) is 1. The van der Waals surface area contributed by atoms with Gasteiger partial charge in [-0.05, 0) is 24.6 Å². The topological polar surface area (TPSA) is 95.9 Å². The number of rotatable bonds is 5. The van der Waals surface area contributed by atoms with E-state index in [4.69, 9.17) is 14.9 Å². The molecule has 0 aliphatic heterocycles. The number of aryl methyl sites for hydroxylation is 1. The molecule has 0 bridgehead atoms. The van der Waals surface area contributed by atoms with Crippen molar-refractivity contribution in [1.82, 2.24) is 0 Å². The second-order valence-corrected chi connectivity index (χ2v) is 3.53. The smallest absolute Gasteiger partial charge is 0.352 e. The average Bonchev–Trinajstić information content (AvgIpc) is 2.29. The molecular formula is C12H13NO5. The van der Waals surface area contributed by atoms with Crippen LogP contribution in [0.5, 0.6) is 5.75 Å². The molecule has 6 nitrogen and oxygen atoms in total. The molecule has 0 spiro atoms. The first kappa shape index (κ1) is 13.6. The molecule has 0 amide bonds. The lowest BCUT2D eigenvalue weighted by Gasteiger charge is -2.11. The second-order valence-electron chi connectivity index (χ2n) is 3.53. The molecule has 6 heteroatoms. The van der Waals surface area contributed by atoms with E-state index in [-0.39, 0.29) is 0 Å². The zero-order valence-electron chi connectivity index (χ0n) is 9.93. The maximum Gasteiger partial charge on any atom is 0.352 e. The highest BCUT2D eigenvalue weighted by atomic mass is 16.5. The number of carboxylic acid groups (broad SMARTS) is 2. The fourth-order valence-electron chi connectivity index (χ4n) is 1.32. The molecule has 0 aromatic heterocycles. The molecule has 0 fully saturated rings. The van der Waals surface area contributed by atoms with E-state index < -0.39 is 17.6 Å². The molecule has 0 aliphatic rings. The number of hydrogen-bond donors (Lipinski definition) is 3. The summed E-state index contributed by atoms with van der Waals surface area (Å²) in [5.74, 6) is -2.27. The lowest BCUT2D eigenvalue weighted by Crippen LogP contribution is -2.13. The van der Waals surface area contributed by atoms with Crippen molar-refractivity contribution in [2.45, 2.75) is 6.92 Å². The summed E-state index contributed by atoms with van der Waals surface area (Å²) in [7, 11) is 1.45. The van der Waals surface area contributed by atoms with Crippen molar-refractivity contribution in [2.24, 2.45) is 0 Å². The van der Waals surface area contributed by atoms with Gasteiger partial charge in [0.25, 0.3) is 0 Å². The fraction of sp³-hybridized carbons (Fsp3) is 0.167. The van der Waals surface area contributed by atoms with Crippen molar-refractivity contribution in [3.63, 3.8) is 0 Å². The molecule has 0 saturated carbocycles. The minimum atomic E-state index is -1.36. The molecule has 1 aromatic rings. The van der Waals surface area contributed by atoms with Crippen molar-refractivity contribution in [3.05, 3.63) is 35.5 Å². The Morgan fingerprint density at radius 2 is 2.00 bits per heavy atom. The molecule has 3 N–H and O–H groups in total. The molecule has 1 rings (SSSR count). The summed E-state index contributed by atoms with van der Waals surface area (Å²) >= 11 is 0. The van der Waals surface area contributed by atoms with Gasteiger partial charge < -0.3 is 20.3 Å². The van der Waals surface area contributed by atoms with Crippen LogP contribution in [0.2, 0.25) is 0 Å². The SMILES string of the molecule is COc1cc(C)ccc1N/C(=C\C(=O)O)C(=O)O. The summed E-state index contributed by atoms with van der Waals surface area (Å²) in [6.07, 6.45) is 0.585. The Bertz CT molecular complexity index is 507. The number of anilines is 1. The third kappa shape index (κ3) is 3.51. The monoisotopic (exact) mass is 251 g/mol. The first-order valence-electron chi connectivity index (χ1n) is 5.03. The summed E-state index contributed by atoms with van der Waals surface area (Å²) in [5, 5.41) is 19.9. The van der Waals surface area contributed by atoms with E-state index in [1.807, 2.05) is 6.92 Å². The molecule has 18 heavy (non-hydrogen) atoms. The Morgan fingerprint density at radius 3 is 2.50 bits per heavy atom. The van der Waals surface area contributed by atoms with Crippen LogP contribution < -0.4 is 10.1 Å². The van der Waals surface area contributed by atoms with Crippen LogP contribution in [0.1, 0.15) is 5.56 Å². The van der Waals surface area contributed by atoms with Crippen LogP contribution in [0, 0.1) is 6.92 Å². The summed E-state index contributed by atoms with van der Waals surface area (Å²) in [4.78, 5) is 21.4. The van der Waals surface area contributed by atoms with Crippen LogP contribution in [0.25, 0.3) is 0 Å². The first-order chi connectivity index (χ1) is 8.43. The van der Waals surface area contributed by atoms with Gasteiger partial charge in [-0.3, -0.25) is 0 Å². The van der Waals surface area contributed by atoms with Gasteiger partial charge in [0.2, 0.25) is 0 Å². The molecule has 0 saturated heterocycles. The van der Waals surface area contributed by atoms with Gasteiger partial charge in [0.1, 0.15) is 11.4 Å². The van der Waals surface area contributed by atoms with Gasteiger partial charge >= 0.3 is 11.9 Å². The predicted molar refractivity (Wildman–Crippen MR) is 64.7 cm³/mol. The Labute approximate surface area is 104 Å². The summed E-state index contributed by atoms with van der Waals surface area (Å²) < 4.78 is 5.08. The van der Waals surface area contributed by atoms with E-state index >= 15 is 0 Å². The maximum atomic E-state index is 10.9. The van der Waals surface area contributed by atoms with Crippen LogP contribution in [-0.2, 0) is 9.59 Å². The number of benzene rings is 1. The van der Waals surface area contributed by atoms with E-state index in [1.54, 1.807) is 18.2 Å². The third-order valence-corrected chi connectivity index (χ3v) is 2.12. The summed E-state index contributed by atoms with van der Waals surface area (Å²) in [5.41, 5.74) is 0.888. The van der Waals surface area contributed by atoms with Crippen molar-refractivity contribution >= 4 is 17.6 Å². The number of carboxylic acids is 2. The van der Waals surface area contributed by atoms with Gasteiger partial charge in [-0.25, -0.2) is 9.59 Å². The van der Waals surface area contributed by atoms with E-state index in [0.29, 0.717) is 17.5 Å². The van der Waals surface area contributed by atoms with Crippen LogP contribution >= 0.6 is 0 Å². The molecule has 1 aromatic carbocycles. The molecule has 96 valence electrons. The normalized spacial score (nSPS) is 10.9. The van der Waals surface area contributed by atoms with Crippen LogP contribution in [0.4, 0.5) is 5.69 Å². The zero-order valence-corrected chi connectivity index (χ0v) is 9.93. The minimum Gasteiger partial charge on any atom is -0.495 e. The Kier molecular flexibility index (Phi) is 4.31. The fourth-order valence-corrected chi connectivity index (χ4v) is 1.32. The van der Waals surface area contributed by atoms with Gasteiger partial charge in [-0.2, -0.15) is 0 Å². The molecular weight excluding hydrogens is 238 g/mol. The average molecular weight is 251 g/mol. The number of carbonyl (C=O) groups is 2. The van der Waals surface area contributed by atoms with Crippen LogP contribution in [0.3, 0.4) is 0 Å².